The third-order valence-corrected chi connectivity index (χ3v) is 4.45. The molecule has 0 aliphatic heterocycles. The van der Waals surface area contributed by atoms with Gasteiger partial charge in [0, 0.05) is 17.5 Å². The van der Waals surface area contributed by atoms with Crippen LogP contribution in [-0.2, 0) is 12.8 Å². The molecular weight excluding hydrogens is 294 g/mol. The van der Waals surface area contributed by atoms with Gasteiger partial charge in [-0.1, -0.05) is 44.9 Å². The fourth-order valence-electron chi connectivity index (χ4n) is 3.20. The lowest BCUT2D eigenvalue weighted by atomic mass is 10.0. The van der Waals surface area contributed by atoms with Crippen molar-refractivity contribution in [2.45, 2.75) is 46.0 Å². The molecule has 0 saturated heterocycles. The number of aryl methyl sites for hydroxylation is 1. The smallest absolute Gasteiger partial charge is 0.169 e. The van der Waals surface area contributed by atoms with E-state index in [0.29, 0.717) is 30.6 Å². The first kappa shape index (κ1) is 16.0. The number of benzene rings is 2. The molecule has 0 atom stereocenters. The molecule has 0 amide bonds. The van der Waals surface area contributed by atoms with Gasteiger partial charge in [-0.25, -0.2) is 8.78 Å². The van der Waals surface area contributed by atoms with E-state index in [4.69, 9.17) is 4.74 Å². The van der Waals surface area contributed by atoms with Crippen LogP contribution in [0, 0.1) is 11.6 Å². The van der Waals surface area contributed by atoms with Crippen molar-refractivity contribution in [2.75, 3.05) is 6.61 Å². The Labute approximate surface area is 136 Å². The van der Waals surface area contributed by atoms with Gasteiger partial charge in [0.15, 0.2) is 11.6 Å². The highest BCUT2D eigenvalue weighted by Crippen LogP contribution is 2.42. The second-order valence-corrected chi connectivity index (χ2v) is 6.10. The summed E-state index contributed by atoms with van der Waals surface area (Å²) in [6.07, 6.45) is 3.82. The Morgan fingerprint density at radius 2 is 1.61 bits per heavy atom. The maximum Gasteiger partial charge on any atom is 0.169 e. The molecule has 0 unspecified atom stereocenters. The fraction of sp³-hybridized carbons (Fsp3) is 0.400. The summed E-state index contributed by atoms with van der Waals surface area (Å²) in [4.78, 5) is 0. The SMILES string of the molecule is CCCCOc1ccc2c(c1F)Cc1c-2ccc(CCC)c1F. The van der Waals surface area contributed by atoms with Gasteiger partial charge in [0.1, 0.15) is 5.82 Å². The standard InChI is InChI=1S/C20H22F2O/c1-3-5-11-23-18-10-9-15-14-8-7-13(6-4-2)19(21)16(14)12-17(15)20(18)22/h7-10H,3-6,11-12H2,1-2H3. The average molecular weight is 316 g/mol. The van der Waals surface area contributed by atoms with Crippen molar-refractivity contribution in [3.05, 3.63) is 52.6 Å². The molecule has 122 valence electrons. The maximum absolute atomic E-state index is 14.7. The van der Waals surface area contributed by atoms with Crippen LogP contribution in [0.1, 0.15) is 49.8 Å². The number of hydrogen-bond acceptors (Lipinski definition) is 1. The van der Waals surface area contributed by atoms with Gasteiger partial charge in [-0.05, 0) is 35.6 Å². The zero-order chi connectivity index (χ0) is 16.4. The highest BCUT2D eigenvalue weighted by Gasteiger charge is 2.27. The van der Waals surface area contributed by atoms with Gasteiger partial charge >= 0.3 is 0 Å². The summed E-state index contributed by atoms with van der Waals surface area (Å²) in [7, 11) is 0. The van der Waals surface area contributed by atoms with Crippen molar-refractivity contribution < 1.29 is 13.5 Å². The molecule has 3 rings (SSSR count). The molecule has 1 aliphatic rings. The lowest BCUT2D eigenvalue weighted by Gasteiger charge is -2.10. The van der Waals surface area contributed by atoms with Crippen molar-refractivity contribution in [1.82, 2.24) is 0 Å². The Morgan fingerprint density at radius 1 is 0.913 bits per heavy atom. The predicted octanol–water partition coefficient (Wildman–Crippen LogP) is 5.67. The molecule has 3 heteroatoms. The largest absolute Gasteiger partial charge is 0.491 e. The molecule has 0 bridgehead atoms. The number of fused-ring (bicyclic) bond motifs is 3. The molecule has 0 radical (unpaired) electrons. The lowest BCUT2D eigenvalue weighted by Crippen LogP contribution is -2.01. The van der Waals surface area contributed by atoms with Gasteiger partial charge in [-0.2, -0.15) is 0 Å². The van der Waals surface area contributed by atoms with E-state index in [0.717, 1.165) is 36.0 Å². The Balaban J connectivity index is 1.95. The van der Waals surface area contributed by atoms with Crippen molar-refractivity contribution in [3.8, 4) is 16.9 Å². The van der Waals surface area contributed by atoms with E-state index in [1.807, 2.05) is 25.1 Å². The summed E-state index contributed by atoms with van der Waals surface area (Å²) in [5.74, 6) is -0.237. The monoisotopic (exact) mass is 316 g/mol. The predicted molar refractivity (Wildman–Crippen MR) is 89.0 cm³/mol. The Bertz CT molecular complexity index is 722. The van der Waals surface area contributed by atoms with E-state index in [-0.39, 0.29) is 17.4 Å². The highest BCUT2D eigenvalue weighted by atomic mass is 19.1. The van der Waals surface area contributed by atoms with E-state index in [2.05, 4.69) is 6.92 Å². The average Bonchev–Trinajstić information content (AvgIpc) is 2.93. The van der Waals surface area contributed by atoms with Crippen molar-refractivity contribution >= 4 is 0 Å². The van der Waals surface area contributed by atoms with Crippen LogP contribution in [0.5, 0.6) is 5.75 Å². The summed E-state index contributed by atoms with van der Waals surface area (Å²) in [5.41, 5.74) is 3.51. The number of halogens is 2. The number of rotatable bonds is 6. The molecule has 0 fully saturated rings. The maximum atomic E-state index is 14.7. The number of hydrogen-bond donors (Lipinski definition) is 0. The minimum Gasteiger partial charge on any atom is -0.491 e. The van der Waals surface area contributed by atoms with Crippen LogP contribution in [0.25, 0.3) is 11.1 Å². The Hall–Kier alpha value is -1.90. The summed E-state index contributed by atoms with van der Waals surface area (Å²) >= 11 is 0. The molecule has 0 aromatic heterocycles. The van der Waals surface area contributed by atoms with Crippen LogP contribution in [0.3, 0.4) is 0 Å². The zero-order valence-electron chi connectivity index (χ0n) is 13.7. The van der Waals surface area contributed by atoms with Crippen LogP contribution in [-0.4, -0.2) is 6.61 Å². The van der Waals surface area contributed by atoms with Gasteiger partial charge in [0.2, 0.25) is 0 Å². The van der Waals surface area contributed by atoms with Crippen LogP contribution in [0.4, 0.5) is 8.78 Å². The first-order chi connectivity index (χ1) is 11.2. The fourth-order valence-corrected chi connectivity index (χ4v) is 3.20. The van der Waals surface area contributed by atoms with Gasteiger partial charge < -0.3 is 4.74 Å². The van der Waals surface area contributed by atoms with Crippen LogP contribution < -0.4 is 4.74 Å². The molecule has 2 aromatic rings. The molecule has 0 saturated carbocycles. The zero-order valence-corrected chi connectivity index (χ0v) is 13.7. The Kier molecular flexibility index (Phi) is 4.65. The molecule has 0 N–H and O–H groups in total. The minimum absolute atomic E-state index is 0.173. The van der Waals surface area contributed by atoms with Crippen LogP contribution in [0.15, 0.2) is 24.3 Å². The Morgan fingerprint density at radius 3 is 2.30 bits per heavy atom. The number of ether oxygens (including phenoxy) is 1. The van der Waals surface area contributed by atoms with Crippen LogP contribution >= 0.6 is 0 Å². The molecule has 1 aliphatic carbocycles. The second-order valence-electron chi connectivity index (χ2n) is 6.10. The lowest BCUT2D eigenvalue weighted by molar-refractivity contribution is 0.293. The van der Waals surface area contributed by atoms with Gasteiger partial charge in [0.05, 0.1) is 6.61 Å². The summed E-state index contributed by atoms with van der Waals surface area (Å²) < 4.78 is 34.9. The van der Waals surface area contributed by atoms with Crippen molar-refractivity contribution in [2.24, 2.45) is 0 Å². The second kappa shape index (κ2) is 6.69. The quantitative estimate of drug-likeness (QED) is 0.533. The van der Waals surface area contributed by atoms with Gasteiger partial charge in [-0.3, -0.25) is 0 Å². The van der Waals surface area contributed by atoms with Crippen LogP contribution in [0.2, 0.25) is 0 Å². The first-order valence-corrected chi connectivity index (χ1v) is 8.42. The van der Waals surface area contributed by atoms with E-state index in [9.17, 15) is 8.78 Å². The van der Waals surface area contributed by atoms with E-state index in [1.54, 1.807) is 6.07 Å². The summed E-state index contributed by atoms with van der Waals surface area (Å²) in [6, 6.07) is 7.27. The van der Waals surface area contributed by atoms with E-state index < -0.39 is 0 Å². The third-order valence-electron chi connectivity index (χ3n) is 4.45. The molecule has 0 spiro atoms. The normalized spacial score (nSPS) is 12.2. The topological polar surface area (TPSA) is 9.23 Å². The highest BCUT2D eigenvalue weighted by molar-refractivity contribution is 5.78. The summed E-state index contributed by atoms with van der Waals surface area (Å²) in [6.45, 7) is 4.60. The molecular formula is C20H22F2O. The number of unbranched alkanes of at least 4 members (excludes halogenated alkanes) is 1. The molecule has 23 heavy (non-hydrogen) atoms. The molecule has 1 nitrogen and oxygen atoms in total. The van der Waals surface area contributed by atoms with E-state index in [1.165, 1.54) is 0 Å². The summed E-state index contributed by atoms with van der Waals surface area (Å²) in [5, 5.41) is 0. The first-order valence-electron chi connectivity index (χ1n) is 8.42. The van der Waals surface area contributed by atoms with Gasteiger partial charge in [-0.15, -0.1) is 0 Å². The molecule has 2 aromatic carbocycles. The van der Waals surface area contributed by atoms with Crippen molar-refractivity contribution in [3.63, 3.8) is 0 Å². The van der Waals surface area contributed by atoms with Gasteiger partial charge in [0.25, 0.3) is 0 Å². The van der Waals surface area contributed by atoms with E-state index >= 15 is 0 Å². The third kappa shape index (κ3) is 2.85. The molecule has 0 heterocycles. The van der Waals surface area contributed by atoms with Crippen molar-refractivity contribution in [1.29, 1.82) is 0 Å². The minimum atomic E-state index is -0.341.